The molecule has 33 heavy (non-hydrogen) atoms. The van der Waals surface area contributed by atoms with E-state index in [1.165, 1.54) is 0 Å². The number of hydrogen-bond donors (Lipinski definition) is 4. The van der Waals surface area contributed by atoms with E-state index < -0.39 is 6.09 Å². The Balaban J connectivity index is 1.47. The van der Waals surface area contributed by atoms with Crippen molar-refractivity contribution in [2.75, 3.05) is 13.1 Å². The third kappa shape index (κ3) is 5.68. The summed E-state index contributed by atoms with van der Waals surface area (Å²) in [6.45, 7) is 1.57. The minimum Gasteiger partial charge on any atom is -0.465 e. The summed E-state index contributed by atoms with van der Waals surface area (Å²) >= 11 is 0. The number of carboxylic acid groups (broad SMARTS) is 1. The first-order valence-corrected chi connectivity index (χ1v) is 11.5. The van der Waals surface area contributed by atoms with Crippen LogP contribution in [0.3, 0.4) is 0 Å². The molecule has 7 nitrogen and oxygen atoms in total. The van der Waals surface area contributed by atoms with Gasteiger partial charge in [-0.15, -0.1) is 0 Å². The highest BCUT2D eigenvalue weighted by atomic mass is 16.4. The van der Waals surface area contributed by atoms with Gasteiger partial charge in [0, 0.05) is 30.6 Å². The monoisotopic (exact) mass is 446 g/mol. The summed E-state index contributed by atoms with van der Waals surface area (Å²) in [7, 11) is 0. The zero-order valence-corrected chi connectivity index (χ0v) is 18.6. The molecule has 5 N–H and O–H groups in total. The van der Waals surface area contributed by atoms with E-state index in [2.05, 4.69) is 10.6 Å². The van der Waals surface area contributed by atoms with Crippen molar-refractivity contribution in [3.05, 3.63) is 65.7 Å². The molecule has 3 aromatic rings. The van der Waals surface area contributed by atoms with Gasteiger partial charge in [0.25, 0.3) is 5.91 Å². The number of fused-ring (bicyclic) bond motifs is 1. The van der Waals surface area contributed by atoms with Crippen molar-refractivity contribution in [3.8, 4) is 11.3 Å². The molecule has 2 aromatic carbocycles. The number of nitrogens with one attached hydrogen (secondary N) is 2. The zero-order valence-electron chi connectivity index (χ0n) is 18.6. The van der Waals surface area contributed by atoms with Crippen molar-refractivity contribution in [1.29, 1.82) is 0 Å². The molecule has 1 aliphatic carbocycles. The number of nitrogens with two attached hydrogens (primary N) is 1. The van der Waals surface area contributed by atoms with Crippen molar-refractivity contribution in [3.63, 3.8) is 0 Å². The third-order valence-corrected chi connectivity index (χ3v) is 6.48. The fourth-order valence-electron chi connectivity index (χ4n) is 4.57. The number of para-hydroxylation sites is 1. The highest BCUT2D eigenvalue weighted by Gasteiger charge is 2.22. The number of carbonyl (C=O) groups excluding carboxylic acids is 1. The van der Waals surface area contributed by atoms with Gasteiger partial charge in [0.2, 0.25) is 0 Å². The molecule has 1 heterocycles. The number of rotatable bonds is 7. The second-order valence-electron chi connectivity index (χ2n) is 8.76. The number of hydrogen-bond acceptors (Lipinski definition) is 4. The fraction of sp³-hybridized carbons (Fsp3) is 0.346. The van der Waals surface area contributed by atoms with Crippen LogP contribution in [0.1, 0.15) is 41.6 Å². The van der Waals surface area contributed by atoms with E-state index in [4.69, 9.17) is 15.8 Å². The van der Waals surface area contributed by atoms with Crippen LogP contribution in [0.4, 0.5) is 4.79 Å². The molecular weight excluding hydrogens is 416 g/mol. The number of amides is 2. The van der Waals surface area contributed by atoms with Crippen LogP contribution in [0, 0.1) is 11.8 Å². The third-order valence-electron chi connectivity index (χ3n) is 6.48. The van der Waals surface area contributed by atoms with Gasteiger partial charge in [0.15, 0.2) is 0 Å². The normalized spacial score (nSPS) is 18.1. The highest BCUT2D eigenvalue weighted by molar-refractivity contribution is 6.07. The van der Waals surface area contributed by atoms with Crippen molar-refractivity contribution in [2.45, 2.75) is 32.2 Å². The maximum Gasteiger partial charge on any atom is 0.404 e. The van der Waals surface area contributed by atoms with Gasteiger partial charge in [-0.05, 0) is 61.3 Å². The smallest absolute Gasteiger partial charge is 0.404 e. The minimum atomic E-state index is -0.969. The Labute approximate surface area is 193 Å². The Bertz CT molecular complexity index is 1140. The summed E-state index contributed by atoms with van der Waals surface area (Å²) in [5.41, 5.74) is 9.90. The molecule has 0 radical (unpaired) electrons. The summed E-state index contributed by atoms with van der Waals surface area (Å²) in [6, 6.07) is 17.5. The number of benzene rings is 2. The summed E-state index contributed by atoms with van der Waals surface area (Å²) < 4.78 is 0. The molecule has 0 saturated heterocycles. The van der Waals surface area contributed by atoms with Crippen LogP contribution in [0.25, 0.3) is 22.2 Å². The van der Waals surface area contributed by atoms with Gasteiger partial charge in [-0.3, -0.25) is 4.79 Å². The number of aromatic nitrogens is 1. The first-order chi connectivity index (χ1) is 16.0. The van der Waals surface area contributed by atoms with Crippen LogP contribution in [0.5, 0.6) is 0 Å². The van der Waals surface area contributed by atoms with E-state index in [0.717, 1.165) is 53.4 Å². The maximum absolute atomic E-state index is 13.2. The van der Waals surface area contributed by atoms with Crippen molar-refractivity contribution < 1.29 is 14.7 Å². The molecule has 0 bridgehead atoms. The molecule has 0 unspecified atom stereocenters. The van der Waals surface area contributed by atoms with E-state index in [1.807, 2.05) is 54.6 Å². The zero-order chi connectivity index (χ0) is 23.2. The lowest BCUT2D eigenvalue weighted by atomic mass is 9.82. The Morgan fingerprint density at radius 1 is 0.939 bits per heavy atom. The predicted molar refractivity (Wildman–Crippen MR) is 129 cm³/mol. The molecule has 1 aromatic heterocycles. The summed E-state index contributed by atoms with van der Waals surface area (Å²) in [5, 5.41) is 15.2. The molecule has 0 aliphatic heterocycles. The van der Waals surface area contributed by atoms with E-state index >= 15 is 0 Å². The SMILES string of the molecule is NCc1cccc(-c2cc(C(=O)NCC3CCC(CNC(=O)O)CC3)c3ccccc3n2)c1. The topological polar surface area (TPSA) is 117 Å². The summed E-state index contributed by atoms with van der Waals surface area (Å²) in [5.74, 6) is 0.687. The lowest BCUT2D eigenvalue weighted by Crippen LogP contribution is -2.34. The Kier molecular flexibility index (Phi) is 7.19. The van der Waals surface area contributed by atoms with Gasteiger partial charge in [-0.2, -0.15) is 0 Å². The van der Waals surface area contributed by atoms with E-state index in [0.29, 0.717) is 37.0 Å². The van der Waals surface area contributed by atoms with Crippen LogP contribution >= 0.6 is 0 Å². The molecular formula is C26H30N4O3. The second kappa shape index (κ2) is 10.4. The lowest BCUT2D eigenvalue weighted by molar-refractivity contribution is 0.0942. The van der Waals surface area contributed by atoms with Crippen molar-refractivity contribution >= 4 is 22.9 Å². The fourth-order valence-corrected chi connectivity index (χ4v) is 4.57. The average molecular weight is 447 g/mol. The van der Waals surface area contributed by atoms with Crippen LogP contribution in [0.15, 0.2) is 54.6 Å². The molecule has 4 rings (SSSR count). The van der Waals surface area contributed by atoms with Gasteiger partial charge < -0.3 is 21.5 Å². The molecule has 1 aliphatic rings. The van der Waals surface area contributed by atoms with Crippen molar-refractivity contribution in [1.82, 2.24) is 15.6 Å². The summed E-state index contributed by atoms with van der Waals surface area (Å²) in [6.07, 6.45) is 2.95. The highest BCUT2D eigenvalue weighted by Crippen LogP contribution is 2.29. The first kappa shape index (κ1) is 22.7. The van der Waals surface area contributed by atoms with E-state index in [1.54, 1.807) is 0 Å². The molecule has 2 amide bonds. The number of nitrogens with zero attached hydrogens (tertiary/aromatic N) is 1. The second-order valence-corrected chi connectivity index (χ2v) is 8.76. The molecule has 7 heteroatoms. The van der Waals surface area contributed by atoms with Gasteiger partial charge in [0.05, 0.1) is 16.8 Å². The van der Waals surface area contributed by atoms with Gasteiger partial charge in [0.1, 0.15) is 0 Å². The first-order valence-electron chi connectivity index (χ1n) is 11.5. The number of pyridine rings is 1. The standard InChI is InChI=1S/C26H30N4O3/c27-14-19-4-3-5-20(12-19)24-13-22(21-6-1-2-7-23(21)30-24)25(31)28-15-17-8-10-18(11-9-17)16-29-26(32)33/h1-7,12-13,17-18,29H,8-11,14-16,27H2,(H,28,31)(H,32,33). The molecule has 0 spiro atoms. The Morgan fingerprint density at radius 2 is 1.64 bits per heavy atom. The number of carbonyl (C=O) groups is 2. The Hall–Kier alpha value is -3.45. The van der Waals surface area contributed by atoms with E-state index in [-0.39, 0.29) is 5.91 Å². The Morgan fingerprint density at radius 3 is 2.33 bits per heavy atom. The minimum absolute atomic E-state index is 0.0977. The molecule has 172 valence electrons. The quantitative estimate of drug-likeness (QED) is 0.435. The average Bonchev–Trinajstić information content (AvgIpc) is 2.86. The van der Waals surface area contributed by atoms with Crippen LogP contribution in [-0.4, -0.2) is 35.2 Å². The largest absolute Gasteiger partial charge is 0.465 e. The van der Waals surface area contributed by atoms with Crippen LogP contribution < -0.4 is 16.4 Å². The van der Waals surface area contributed by atoms with E-state index in [9.17, 15) is 9.59 Å². The summed E-state index contributed by atoms with van der Waals surface area (Å²) in [4.78, 5) is 28.7. The van der Waals surface area contributed by atoms with Crippen molar-refractivity contribution in [2.24, 2.45) is 17.6 Å². The molecule has 0 atom stereocenters. The van der Waals surface area contributed by atoms with Gasteiger partial charge in [-0.25, -0.2) is 9.78 Å². The predicted octanol–water partition coefficient (Wildman–Crippen LogP) is 4.16. The molecule has 1 fully saturated rings. The van der Waals surface area contributed by atoms with Crippen LogP contribution in [-0.2, 0) is 6.54 Å². The lowest BCUT2D eigenvalue weighted by Gasteiger charge is -2.28. The van der Waals surface area contributed by atoms with Gasteiger partial charge in [-0.1, -0.05) is 36.4 Å². The maximum atomic E-state index is 13.2. The van der Waals surface area contributed by atoms with Gasteiger partial charge >= 0.3 is 6.09 Å². The van der Waals surface area contributed by atoms with Crippen LogP contribution in [0.2, 0.25) is 0 Å². The molecule has 1 saturated carbocycles.